The van der Waals surface area contributed by atoms with Gasteiger partial charge in [-0.1, -0.05) is 18.2 Å². The minimum atomic E-state index is -0.0565. The molecule has 5 nitrogen and oxygen atoms in total. The molecule has 24 heavy (non-hydrogen) atoms. The van der Waals surface area contributed by atoms with Crippen molar-refractivity contribution in [2.24, 2.45) is 0 Å². The van der Waals surface area contributed by atoms with E-state index < -0.39 is 0 Å². The Hall–Kier alpha value is -2.34. The lowest BCUT2D eigenvalue weighted by atomic mass is 10.2. The highest BCUT2D eigenvalue weighted by molar-refractivity contribution is 7.10. The molecule has 0 aliphatic rings. The van der Waals surface area contributed by atoms with Crippen molar-refractivity contribution < 1.29 is 9.59 Å². The lowest BCUT2D eigenvalue weighted by Crippen LogP contribution is -2.34. The SMILES string of the molecule is CC(=O)N(C)c1ccccc1NCC(=O)N(C)[C@H](C)c1cccs1. The molecule has 0 radical (unpaired) electrons. The van der Waals surface area contributed by atoms with Gasteiger partial charge < -0.3 is 15.1 Å². The number of nitrogens with zero attached hydrogens (tertiary/aromatic N) is 2. The van der Waals surface area contributed by atoms with Crippen molar-refractivity contribution in [3.63, 3.8) is 0 Å². The van der Waals surface area contributed by atoms with Crippen LogP contribution in [0.5, 0.6) is 0 Å². The maximum Gasteiger partial charge on any atom is 0.242 e. The highest BCUT2D eigenvalue weighted by Gasteiger charge is 2.18. The van der Waals surface area contributed by atoms with Crippen LogP contribution in [-0.4, -0.2) is 37.4 Å². The molecule has 1 aromatic heterocycles. The van der Waals surface area contributed by atoms with Gasteiger partial charge in [0.2, 0.25) is 11.8 Å². The van der Waals surface area contributed by atoms with E-state index in [4.69, 9.17) is 0 Å². The molecule has 0 bridgehead atoms. The van der Waals surface area contributed by atoms with Crippen molar-refractivity contribution in [2.75, 3.05) is 30.9 Å². The van der Waals surface area contributed by atoms with Gasteiger partial charge in [0.15, 0.2) is 0 Å². The number of hydrogen-bond donors (Lipinski definition) is 1. The third-order valence-corrected chi connectivity index (χ3v) is 5.14. The molecule has 1 aromatic carbocycles. The van der Waals surface area contributed by atoms with E-state index in [9.17, 15) is 9.59 Å². The Labute approximate surface area is 146 Å². The highest BCUT2D eigenvalue weighted by Crippen LogP contribution is 2.26. The Kier molecular flexibility index (Phi) is 5.98. The summed E-state index contributed by atoms with van der Waals surface area (Å²) >= 11 is 1.64. The highest BCUT2D eigenvalue weighted by atomic mass is 32.1. The summed E-state index contributed by atoms with van der Waals surface area (Å²) in [7, 11) is 3.53. The van der Waals surface area contributed by atoms with Crippen molar-refractivity contribution in [1.82, 2.24) is 4.90 Å². The molecule has 0 spiro atoms. The molecule has 6 heteroatoms. The normalized spacial score (nSPS) is 11.7. The van der Waals surface area contributed by atoms with Gasteiger partial charge in [-0.25, -0.2) is 0 Å². The molecular formula is C18H23N3O2S. The third-order valence-electron chi connectivity index (χ3n) is 4.10. The fraction of sp³-hybridized carbons (Fsp3) is 0.333. The number of carbonyl (C=O) groups excluding carboxylic acids is 2. The van der Waals surface area contributed by atoms with Gasteiger partial charge in [-0.15, -0.1) is 11.3 Å². The summed E-state index contributed by atoms with van der Waals surface area (Å²) in [6, 6.07) is 11.5. The molecule has 0 unspecified atom stereocenters. The van der Waals surface area contributed by atoms with E-state index in [0.29, 0.717) is 0 Å². The van der Waals surface area contributed by atoms with Gasteiger partial charge >= 0.3 is 0 Å². The second-order valence-corrected chi connectivity index (χ2v) is 6.62. The Bertz CT molecular complexity index is 700. The molecule has 1 heterocycles. The van der Waals surface area contributed by atoms with Crippen LogP contribution in [0.1, 0.15) is 24.8 Å². The summed E-state index contributed by atoms with van der Waals surface area (Å²) in [6.07, 6.45) is 0. The van der Waals surface area contributed by atoms with Crippen LogP contribution < -0.4 is 10.2 Å². The van der Waals surface area contributed by atoms with Crippen LogP contribution in [0.15, 0.2) is 41.8 Å². The Morgan fingerprint density at radius 3 is 2.50 bits per heavy atom. The van der Waals surface area contributed by atoms with Crippen molar-refractivity contribution >= 4 is 34.5 Å². The van der Waals surface area contributed by atoms with Gasteiger partial charge in [0.1, 0.15) is 0 Å². The maximum atomic E-state index is 12.5. The maximum absolute atomic E-state index is 12.5. The molecule has 1 N–H and O–H groups in total. The number of para-hydroxylation sites is 2. The van der Waals surface area contributed by atoms with E-state index in [1.807, 2.05) is 55.7 Å². The summed E-state index contributed by atoms with van der Waals surface area (Å²) < 4.78 is 0. The molecule has 0 saturated carbocycles. The van der Waals surface area contributed by atoms with Crippen molar-refractivity contribution in [1.29, 1.82) is 0 Å². The first kappa shape index (κ1) is 18.0. The predicted octanol–water partition coefficient (Wildman–Crippen LogP) is 3.36. The zero-order valence-corrected chi connectivity index (χ0v) is 15.3. The van der Waals surface area contributed by atoms with Crippen LogP contribution in [0.4, 0.5) is 11.4 Å². The number of hydrogen-bond acceptors (Lipinski definition) is 4. The summed E-state index contributed by atoms with van der Waals surface area (Å²) in [5, 5.41) is 5.16. The Balaban J connectivity index is 2.03. The quantitative estimate of drug-likeness (QED) is 0.873. The smallest absolute Gasteiger partial charge is 0.242 e. The van der Waals surface area contributed by atoms with Gasteiger partial charge in [-0.3, -0.25) is 9.59 Å². The van der Waals surface area contributed by atoms with Crippen molar-refractivity contribution in [3.8, 4) is 0 Å². The summed E-state index contributed by atoms with van der Waals surface area (Å²) in [5.41, 5.74) is 1.52. The van der Waals surface area contributed by atoms with Crippen LogP contribution >= 0.6 is 11.3 Å². The monoisotopic (exact) mass is 345 g/mol. The number of carbonyl (C=O) groups is 2. The molecule has 0 saturated heterocycles. The zero-order chi connectivity index (χ0) is 17.7. The molecule has 1 atom stereocenters. The number of anilines is 2. The lowest BCUT2D eigenvalue weighted by Gasteiger charge is -2.25. The number of nitrogens with one attached hydrogen (secondary N) is 1. The standard InChI is InChI=1S/C18H23N3O2S/c1-13(17-10-7-11-24-17)20(3)18(23)12-19-15-8-5-6-9-16(15)21(4)14(2)22/h5-11,13,19H,12H2,1-4H3/t13-/m1/s1. The molecule has 0 fully saturated rings. The number of thiophene rings is 1. The van der Waals surface area contributed by atoms with Gasteiger partial charge in [-0.2, -0.15) is 0 Å². The topological polar surface area (TPSA) is 52.7 Å². The predicted molar refractivity (Wildman–Crippen MR) is 99.5 cm³/mol. The fourth-order valence-corrected chi connectivity index (χ4v) is 3.14. The number of likely N-dealkylation sites (N-methyl/N-ethyl adjacent to an activating group) is 1. The number of rotatable bonds is 6. The van der Waals surface area contributed by atoms with E-state index >= 15 is 0 Å². The molecular weight excluding hydrogens is 322 g/mol. The van der Waals surface area contributed by atoms with Gasteiger partial charge in [-0.05, 0) is 30.5 Å². The molecule has 0 aliphatic heterocycles. The minimum absolute atomic E-state index is 0.00354. The second kappa shape index (κ2) is 7.97. The Morgan fingerprint density at radius 2 is 1.88 bits per heavy atom. The van der Waals surface area contributed by atoms with E-state index in [0.717, 1.165) is 16.3 Å². The largest absolute Gasteiger partial charge is 0.374 e. The van der Waals surface area contributed by atoms with Crippen LogP contribution in [0, 0.1) is 0 Å². The molecule has 2 aromatic rings. The summed E-state index contributed by atoms with van der Waals surface area (Å²) in [4.78, 5) is 28.5. The van der Waals surface area contributed by atoms with E-state index in [-0.39, 0.29) is 24.4 Å². The summed E-state index contributed by atoms with van der Waals surface area (Å²) in [6.45, 7) is 3.70. The zero-order valence-electron chi connectivity index (χ0n) is 14.4. The average Bonchev–Trinajstić information content (AvgIpc) is 3.12. The van der Waals surface area contributed by atoms with Crippen LogP contribution in [-0.2, 0) is 9.59 Å². The van der Waals surface area contributed by atoms with Crippen molar-refractivity contribution in [2.45, 2.75) is 19.9 Å². The van der Waals surface area contributed by atoms with Gasteiger partial charge in [0.05, 0.1) is 24.0 Å². The lowest BCUT2D eigenvalue weighted by molar-refractivity contribution is -0.129. The molecule has 0 aliphatic carbocycles. The third kappa shape index (κ3) is 4.14. The molecule has 2 rings (SSSR count). The first-order chi connectivity index (χ1) is 11.4. The van der Waals surface area contributed by atoms with Gasteiger partial charge in [0.25, 0.3) is 0 Å². The average molecular weight is 345 g/mol. The minimum Gasteiger partial charge on any atom is -0.374 e. The first-order valence-electron chi connectivity index (χ1n) is 7.78. The molecule has 2 amide bonds. The van der Waals surface area contributed by atoms with Crippen LogP contribution in [0.3, 0.4) is 0 Å². The van der Waals surface area contributed by atoms with Crippen LogP contribution in [0.2, 0.25) is 0 Å². The van der Waals surface area contributed by atoms with E-state index in [2.05, 4.69) is 5.32 Å². The van der Waals surface area contributed by atoms with E-state index in [1.54, 1.807) is 28.2 Å². The Morgan fingerprint density at radius 1 is 1.17 bits per heavy atom. The first-order valence-corrected chi connectivity index (χ1v) is 8.66. The van der Waals surface area contributed by atoms with Crippen LogP contribution in [0.25, 0.3) is 0 Å². The summed E-state index contributed by atoms with van der Waals surface area (Å²) in [5.74, 6) is -0.0600. The van der Waals surface area contributed by atoms with Crippen molar-refractivity contribution in [3.05, 3.63) is 46.7 Å². The number of amides is 2. The number of benzene rings is 1. The van der Waals surface area contributed by atoms with Gasteiger partial charge in [0, 0.05) is 25.9 Å². The fourth-order valence-electron chi connectivity index (χ4n) is 2.32. The van der Waals surface area contributed by atoms with E-state index in [1.165, 1.54) is 6.92 Å². The molecule has 128 valence electrons. The second-order valence-electron chi connectivity index (χ2n) is 5.64.